The Balaban J connectivity index is 1.44. The van der Waals surface area contributed by atoms with Gasteiger partial charge < -0.3 is 24.8 Å². The zero-order chi connectivity index (χ0) is 18.0. The van der Waals surface area contributed by atoms with Crippen molar-refractivity contribution in [3.63, 3.8) is 0 Å². The van der Waals surface area contributed by atoms with Crippen molar-refractivity contribution < 1.29 is 14.2 Å². The van der Waals surface area contributed by atoms with Crippen LogP contribution in [0.1, 0.15) is 43.4 Å². The van der Waals surface area contributed by atoms with Gasteiger partial charge in [-0.1, -0.05) is 6.42 Å². The van der Waals surface area contributed by atoms with E-state index >= 15 is 0 Å². The Morgan fingerprint density at radius 2 is 2.12 bits per heavy atom. The summed E-state index contributed by atoms with van der Waals surface area (Å²) in [5, 5.41) is 6.76. The molecule has 0 spiro atoms. The number of pyridine rings is 1. The molecule has 3 heterocycles. The minimum absolute atomic E-state index is 0.426. The van der Waals surface area contributed by atoms with Crippen LogP contribution in [-0.4, -0.2) is 57.7 Å². The molecule has 2 N–H and O–H groups in total. The molecule has 6 nitrogen and oxygen atoms in total. The number of anilines is 1. The van der Waals surface area contributed by atoms with Crippen LogP contribution in [0.2, 0.25) is 0 Å². The molecule has 1 saturated heterocycles. The predicted octanol–water partition coefficient (Wildman–Crippen LogP) is 2.56. The van der Waals surface area contributed by atoms with Crippen molar-refractivity contribution in [3.8, 4) is 5.75 Å². The molecule has 0 aliphatic carbocycles. The minimum atomic E-state index is 0.426. The van der Waals surface area contributed by atoms with Crippen molar-refractivity contribution >= 4 is 5.82 Å². The molecule has 1 aromatic heterocycles. The van der Waals surface area contributed by atoms with E-state index in [0.29, 0.717) is 19.3 Å². The lowest BCUT2D eigenvalue weighted by atomic mass is 10.0. The van der Waals surface area contributed by atoms with Gasteiger partial charge in [0.15, 0.2) is 0 Å². The summed E-state index contributed by atoms with van der Waals surface area (Å²) in [6.45, 7) is 5.16. The zero-order valence-electron chi connectivity index (χ0n) is 16.0. The number of aromatic nitrogens is 1. The highest BCUT2D eigenvalue weighted by Gasteiger charge is 2.17. The number of hydrogen-bond donors (Lipinski definition) is 2. The quantitative estimate of drug-likeness (QED) is 0.589. The van der Waals surface area contributed by atoms with Crippen molar-refractivity contribution in [3.05, 3.63) is 17.3 Å². The largest absolute Gasteiger partial charge is 0.491 e. The smallest absolute Gasteiger partial charge is 0.133 e. The second-order valence-electron chi connectivity index (χ2n) is 7.11. The van der Waals surface area contributed by atoms with Crippen LogP contribution in [0.4, 0.5) is 5.82 Å². The number of rotatable bonds is 11. The van der Waals surface area contributed by atoms with Crippen LogP contribution in [0.15, 0.2) is 6.07 Å². The zero-order valence-corrected chi connectivity index (χ0v) is 16.0. The van der Waals surface area contributed by atoms with Gasteiger partial charge in [0.25, 0.3) is 0 Å². The molecule has 2 aliphatic heterocycles. The molecule has 0 bridgehead atoms. The van der Waals surface area contributed by atoms with Crippen LogP contribution >= 0.6 is 0 Å². The Morgan fingerprint density at radius 1 is 1.15 bits per heavy atom. The molecule has 0 saturated carbocycles. The molecule has 0 amide bonds. The second-order valence-corrected chi connectivity index (χ2v) is 7.11. The fourth-order valence-corrected chi connectivity index (χ4v) is 3.56. The average Bonchev–Trinajstić information content (AvgIpc) is 3.18. The minimum Gasteiger partial charge on any atom is -0.491 e. The molecule has 2 aliphatic rings. The summed E-state index contributed by atoms with van der Waals surface area (Å²) >= 11 is 0. The van der Waals surface area contributed by atoms with E-state index in [0.717, 1.165) is 82.0 Å². The van der Waals surface area contributed by atoms with Gasteiger partial charge in [-0.15, -0.1) is 0 Å². The number of nitrogens with one attached hydrogen (secondary N) is 2. The molecule has 0 radical (unpaired) electrons. The first-order valence-electron chi connectivity index (χ1n) is 10.1. The molecule has 1 fully saturated rings. The first-order chi connectivity index (χ1) is 12.9. The summed E-state index contributed by atoms with van der Waals surface area (Å²) in [6, 6.07) is 2.13. The average molecular weight is 364 g/mol. The molecule has 146 valence electrons. The lowest BCUT2D eigenvalue weighted by Crippen LogP contribution is -2.17. The normalized spacial score (nSPS) is 19.2. The fraction of sp³-hybridized carbons (Fsp3) is 0.750. The van der Waals surface area contributed by atoms with Crippen LogP contribution in [0.3, 0.4) is 0 Å². The van der Waals surface area contributed by atoms with Gasteiger partial charge >= 0.3 is 0 Å². The third-order valence-corrected chi connectivity index (χ3v) is 5.02. The highest BCUT2D eigenvalue weighted by Crippen LogP contribution is 2.30. The lowest BCUT2D eigenvalue weighted by Gasteiger charge is -2.21. The summed E-state index contributed by atoms with van der Waals surface area (Å²) in [6.07, 6.45) is 8.16. The lowest BCUT2D eigenvalue weighted by molar-refractivity contribution is 0.0642. The Morgan fingerprint density at radius 3 is 2.96 bits per heavy atom. The van der Waals surface area contributed by atoms with Crippen LogP contribution in [0.5, 0.6) is 5.75 Å². The summed E-state index contributed by atoms with van der Waals surface area (Å²) in [4.78, 5) is 4.82. The third kappa shape index (κ3) is 5.83. The van der Waals surface area contributed by atoms with E-state index in [1.54, 1.807) is 7.11 Å². The number of methoxy groups -OCH3 is 1. The van der Waals surface area contributed by atoms with E-state index in [9.17, 15) is 0 Å². The van der Waals surface area contributed by atoms with E-state index in [-0.39, 0.29) is 0 Å². The molecular weight excluding hydrogens is 330 g/mol. The van der Waals surface area contributed by atoms with Crippen molar-refractivity contribution in [2.24, 2.45) is 0 Å². The van der Waals surface area contributed by atoms with Crippen LogP contribution < -0.4 is 15.4 Å². The van der Waals surface area contributed by atoms with E-state index < -0.39 is 0 Å². The number of fused-ring (bicyclic) bond motifs is 1. The number of ether oxygens (including phenoxy) is 3. The van der Waals surface area contributed by atoms with Gasteiger partial charge in [-0.2, -0.15) is 0 Å². The van der Waals surface area contributed by atoms with Crippen molar-refractivity contribution in [1.82, 2.24) is 10.3 Å². The monoisotopic (exact) mass is 363 g/mol. The predicted molar refractivity (Wildman–Crippen MR) is 103 cm³/mol. The van der Waals surface area contributed by atoms with Gasteiger partial charge in [0.1, 0.15) is 18.2 Å². The van der Waals surface area contributed by atoms with Crippen LogP contribution in [0, 0.1) is 0 Å². The number of hydrogen-bond acceptors (Lipinski definition) is 6. The number of aryl methyl sites for hydroxylation is 1. The Bertz CT molecular complexity index is 547. The van der Waals surface area contributed by atoms with Gasteiger partial charge in [0, 0.05) is 44.1 Å². The summed E-state index contributed by atoms with van der Waals surface area (Å²) in [7, 11) is 1.70. The van der Waals surface area contributed by atoms with Gasteiger partial charge in [-0.25, -0.2) is 4.98 Å². The molecule has 1 atom stereocenters. The molecule has 0 aromatic carbocycles. The van der Waals surface area contributed by atoms with Crippen molar-refractivity contribution in [2.45, 2.75) is 51.0 Å². The summed E-state index contributed by atoms with van der Waals surface area (Å²) in [5.41, 5.74) is 2.33. The molecule has 1 aromatic rings. The SMILES string of the molecule is COCCOc1cc(CCCCCO[C@@H]2CCNC2)nc2c1CCCN2. The van der Waals surface area contributed by atoms with E-state index in [4.69, 9.17) is 19.2 Å². The first-order valence-corrected chi connectivity index (χ1v) is 10.1. The summed E-state index contributed by atoms with van der Waals surface area (Å²) in [5.74, 6) is 1.99. The number of nitrogens with zero attached hydrogens (tertiary/aromatic N) is 1. The molecule has 0 unspecified atom stereocenters. The molecular formula is C20H33N3O3. The molecule has 6 heteroatoms. The van der Waals surface area contributed by atoms with Crippen LogP contribution in [0.25, 0.3) is 0 Å². The highest BCUT2D eigenvalue weighted by molar-refractivity contribution is 5.54. The number of unbranched alkanes of at least 4 members (excludes halogenated alkanes) is 2. The summed E-state index contributed by atoms with van der Waals surface area (Å²) < 4.78 is 16.9. The van der Waals surface area contributed by atoms with Crippen LogP contribution in [-0.2, 0) is 22.3 Å². The molecule has 3 rings (SSSR count). The maximum Gasteiger partial charge on any atom is 0.133 e. The Hall–Kier alpha value is -1.37. The van der Waals surface area contributed by atoms with Crippen molar-refractivity contribution in [2.75, 3.05) is 51.9 Å². The maximum absolute atomic E-state index is 5.96. The highest BCUT2D eigenvalue weighted by atomic mass is 16.5. The van der Waals surface area contributed by atoms with Gasteiger partial charge in [0.2, 0.25) is 0 Å². The fourth-order valence-electron chi connectivity index (χ4n) is 3.56. The van der Waals surface area contributed by atoms with Gasteiger partial charge in [-0.3, -0.25) is 0 Å². The second kappa shape index (κ2) is 10.7. The maximum atomic E-state index is 5.96. The molecule has 26 heavy (non-hydrogen) atoms. The van der Waals surface area contributed by atoms with E-state index in [2.05, 4.69) is 16.7 Å². The van der Waals surface area contributed by atoms with Crippen molar-refractivity contribution in [1.29, 1.82) is 0 Å². The Labute approximate surface area is 157 Å². The van der Waals surface area contributed by atoms with Gasteiger partial charge in [0.05, 0.1) is 12.7 Å². The first kappa shape index (κ1) is 19.4. The Kier molecular flexibility index (Phi) is 7.98. The van der Waals surface area contributed by atoms with E-state index in [1.807, 2.05) is 0 Å². The standard InChI is InChI=1S/C20H33N3O3/c1-24-12-13-26-19-14-16(23-20-18(19)7-5-9-22-20)6-3-2-4-11-25-17-8-10-21-15-17/h14,17,21H,2-13,15H2,1H3,(H,22,23)/t17-/m1/s1. The van der Waals surface area contributed by atoms with Gasteiger partial charge in [-0.05, 0) is 45.1 Å². The van der Waals surface area contributed by atoms with E-state index in [1.165, 1.54) is 12.0 Å². The topological polar surface area (TPSA) is 64.6 Å². The third-order valence-electron chi connectivity index (χ3n) is 5.02.